The van der Waals surface area contributed by atoms with E-state index in [-0.39, 0.29) is 18.3 Å². The molecule has 1 aromatic rings. The number of aryl methyl sites for hydroxylation is 1. The van der Waals surface area contributed by atoms with Crippen LogP contribution in [-0.2, 0) is 4.79 Å². The first kappa shape index (κ1) is 19.4. The van der Waals surface area contributed by atoms with Gasteiger partial charge >= 0.3 is 0 Å². The molecule has 3 atom stereocenters. The minimum absolute atomic E-state index is 0. The number of carbonyl (C=O) groups excluding carboxylic acids is 1. The number of likely N-dealkylation sites (N-methyl/N-ethyl adjacent to an activating group) is 1. The van der Waals surface area contributed by atoms with Crippen LogP contribution in [0.5, 0.6) is 5.75 Å². The average molecular weight is 373 g/mol. The Morgan fingerprint density at radius 2 is 1.96 bits per heavy atom. The lowest BCUT2D eigenvalue weighted by Crippen LogP contribution is -2.51. The lowest BCUT2D eigenvalue weighted by atomic mass is 9.98. The Morgan fingerprint density at radius 1 is 1.33 bits per heavy atom. The number of hydrogen-bond donors (Lipinski definition) is 1. The van der Waals surface area contributed by atoms with Gasteiger partial charge in [0, 0.05) is 30.2 Å². The molecule has 2 aliphatic heterocycles. The third kappa shape index (κ3) is 4.16. The second-order valence-corrected chi connectivity index (χ2v) is 7.29. The van der Waals surface area contributed by atoms with Crippen LogP contribution in [0.15, 0.2) is 18.2 Å². The molecule has 6 heteroatoms. The van der Waals surface area contributed by atoms with E-state index in [2.05, 4.69) is 5.32 Å². The van der Waals surface area contributed by atoms with Crippen molar-refractivity contribution in [2.24, 2.45) is 0 Å². The van der Waals surface area contributed by atoms with Crippen molar-refractivity contribution >= 4 is 29.9 Å². The van der Waals surface area contributed by atoms with Crippen molar-refractivity contribution in [3.63, 3.8) is 0 Å². The molecule has 0 spiro atoms. The Balaban J connectivity index is 0.00000208. The quantitative estimate of drug-likeness (QED) is 0.877. The summed E-state index contributed by atoms with van der Waals surface area (Å²) in [5.74, 6) is 0.732. The molecule has 2 aliphatic rings. The van der Waals surface area contributed by atoms with Gasteiger partial charge in [-0.25, -0.2) is 0 Å². The van der Waals surface area contributed by atoms with Gasteiger partial charge in [-0.15, -0.1) is 12.4 Å². The summed E-state index contributed by atoms with van der Waals surface area (Å²) in [4.78, 5) is 14.6. The van der Waals surface area contributed by atoms with Gasteiger partial charge in [-0.2, -0.15) is 0 Å². The number of carbonyl (C=O) groups is 1. The van der Waals surface area contributed by atoms with E-state index in [1.54, 1.807) is 6.07 Å². The molecule has 0 radical (unpaired) electrons. The topological polar surface area (TPSA) is 41.6 Å². The monoisotopic (exact) mass is 372 g/mol. The molecule has 0 aromatic heterocycles. The summed E-state index contributed by atoms with van der Waals surface area (Å²) in [5, 5.41) is 4.32. The van der Waals surface area contributed by atoms with Crippen molar-refractivity contribution < 1.29 is 9.53 Å². The van der Waals surface area contributed by atoms with E-state index in [9.17, 15) is 4.79 Å². The maximum Gasteiger partial charge on any atom is 0.263 e. The highest BCUT2D eigenvalue weighted by Gasteiger charge is 2.37. The summed E-state index contributed by atoms with van der Waals surface area (Å²) in [7, 11) is 1.91. The molecule has 2 saturated heterocycles. The summed E-state index contributed by atoms with van der Waals surface area (Å²) >= 11 is 6.03. The molecule has 0 aliphatic carbocycles. The van der Waals surface area contributed by atoms with Crippen molar-refractivity contribution in [2.45, 2.75) is 63.8 Å². The first-order valence-corrected chi connectivity index (χ1v) is 8.77. The standard InChI is InChI=1S/C18H25ClN2O2.ClH/c1-11-8-16(6-7-17(11)19)23-12(2)18(22)21(3)15-9-13-4-5-14(10-15)20-13;/h6-8,12-15,20H,4-5,9-10H2,1-3H3;1H. The lowest BCUT2D eigenvalue weighted by molar-refractivity contribution is -0.139. The molecule has 2 heterocycles. The van der Waals surface area contributed by atoms with Gasteiger partial charge in [0.2, 0.25) is 0 Å². The molecule has 3 unspecified atom stereocenters. The fraction of sp³-hybridized carbons (Fsp3) is 0.611. The van der Waals surface area contributed by atoms with Crippen LogP contribution >= 0.6 is 24.0 Å². The normalized spacial score (nSPS) is 26.4. The van der Waals surface area contributed by atoms with Gasteiger partial charge in [-0.05, 0) is 63.3 Å². The summed E-state index contributed by atoms with van der Waals surface area (Å²) in [5.41, 5.74) is 0.951. The van der Waals surface area contributed by atoms with E-state index in [0.717, 1.165) is 18.4 Å². The van der Waals surface area contributed by atoms with Crippen LogP contribution in [0, 0.1) is 6.92 Å². The van der Waals surface area contributed by atoms with E-state index < -0.39 is 6.10 Å². The highest BCUT2D eigenvalue weighted by Crippen LogP contribution is 2.30. The van der Waals surface area contributed by atoms with Crippen LogP contribution < -0.4 is 10.1 Å². The molecule has 134 valence electrons. The summed E-state index contributed by atoms with van der Waals surface area (Å²) in [6.45, 7) is 3.75. The van der Waals surface area contributed by atoms with Crippen LogP contribution in [0.1, 0.15) is 38.2 Å². The lowest BCUT2D eigenvalue weighted by Gasteiger charge is -2.36. The van der Waals surface area contributed by atoms with Gasteiger partial charge in [-0.3, -0.25) is 4.79 Å². The Hall–Kier alpha value is -0.970. The Morgan fingerprint density at radius 3 is 2.54 bits per heavy atom. The van der Waals surface area contributed by atoms with Gasteiger partial charge < -0.3 is 15.0 Å². The van der Waals surface area contributed by atoms with Crippen molar-refractivity contribution in [1.82, 2.24) is 10.2 Å². The van der Waals surface area contributed by atoms with E-state index in [0.29, 0.717) is 28.9 Å². The highest BCUT2D eigenvalue weighted by molar-refractivity contribution is 6.31. The molecule has 3 rings (SSSR count). The van der Waals surface area contributed by atoms with Crippen molar-refractivity contribution in [3.05, 3.63) is 28.8 Å². The largest absolute Gasteiger partial charge is 0.481 e. The smallest absolute Gasteiger partial charge is 0.263 e. The van der Waals surface area contributed by atoms with Crippen molar-refractivity contribution in [2.75, 3.05) is 7.05 Å². The first-order valence-electron chi connectivity index (χ1n) is 8.39. The number of ether oxygens (including phenoxy) is 1. The van der Waals surface area contributed by atoms with Crippen LogP contribution in [0.4, 0.5) is 0 Å². The number of hydrogen-bond acceptors (Lipinski definition) is 3. The molecule has 1 aromatic carbocycles. The van der Waals surface area contributed by atoms with Crippen LogP contribution in [0.2, 0.25) is 5.02 Å². The van der Waals surface area contributed by atoms with E-state index in [4.69, 9.17) is 16.3 Å². The zero-order chi connectivity index (χ0) is 16.6. The molecule has 24 heavy (non-hydrogen) atoms. The maximum atomic E-state index is 12.7. The number of benzene rings is 1. The van der Waals surface area contributed by atoms with Crippen LogP contribution in [0.3, 0.4) is 0 Å². The number of fused-ring (bicyclic) bond motifs is 2. The highest BCUT2D eigenvalue weighted by atomic mass is 35.5. The summed E-state index contributed by atoms with van der Waals surface area (Å²) < 4.78 is 5.83. The Labute approximate surface area is 155 Å². The number of nitrogens with zero attached hydrogens (tertiary/aromatic N) is 1. The second-order valence-electron chi connectivity index (χ2n) is 6.88. The van der Waals surface area contributed by atoms with Crippen molar-refractivity contribution in [3.8, 4) is 5.75 Å². The fourth-order valence-electron chi connectivity index (χ4n) is 3.76. The number of halogens is 2. The number of amides is 1. The zero-order valence-electron chi connectivity index (χ0n) is 14.4. The van der Waals surface area contributed by atoms with E-state index in [1.165, 1.54) is 12.8 Å². The summed E-state index contributed by atoms with van der Waals surface area (Å²) in [6, 6.07) is 6.95. The summed E-state index contributed by atoms with van der Waals surface area (Å²) in [6.07, 6.45) is 4.07. The molecule has 4 nitrogen and oxygen atoms in total. The first-order chi connectivity index (χ1) is 10.9. The molecular formula is C18H26Cl2N2O2. The van der Waals surface area contributed by atoms with Gasteiger partial charge in [0.25, 0.3) is 5.91 Å². The van der Waals surface area contributed by atoms with Gasteiger partial charge in [-0.1, -0.05) is 11.6 Å². The Bertz CT molecular complexity index is 584. The molecular weight excluding hydrogens is 347 g/mol. The zero-order valence-corrected chi connectivity index (χ0v) is 16.0. The van der Waals surface area contributed by atoms with Gasteiger partial charge in [0.05, 0.1) is 0 Å². The minimum Gasteiger partial charge on any atom is -0.481 e. The Kier molecular flexibility index (Phi) is 6.40. The maximum absolute atomic E-state index is 12.7. The number of rotatable bonds is 4. The fourth-order valence-corrected chi connectivity index (χ4v) is 3.87. The molecule has 1 amide bonds. The SMILES string of the molecule is Cc1cc(OC(C)C(=O)N(C)C2CC3CCC(C2)N3)ccc1Cl.Cl. The predicted molar refractivity (Wildman–Crippen MR) is 99.3 cm³/mol. The van der Waals surface area contributed by atoms with E-state index >= 15 is 0 Å². The number of nitrogens with one attached hydrogen (secondary N) is 1. The molecule has 2 bridgehead atoms. The van der Waals surface area contributed by atoms with E-state index in [1.807, 2.05) is 37.9 Å². The van der Waals surface area contributed by atoms with Gasteiger partial charge in [0.1, 0.15) is 5.75 Å². The predicted octanol–water partition coefficient (Wildman–Crippen LogP) is 3.58. The second kappa shape index (κ2) is 7.94. The average Bonchev–Trinajstić information content (AvgIpc) is 2.87. The third-order valence-electron chi connectivity index (χ3n) is 5.13. The third-order valence-corrected chi connectivity index (χ3v) is 5.56. The molecule has 1 N–H and O–H groups in total. The molecule has 0 saturated carbocycles. The van der Waals surface area contributed by atoms with Crippen molar-refractivity contribution in [1.29, 1.82) is 0 Å². The van der Waals surface area contributed by atoms with Crippen LogP contribution in [-0.4, -0.2) is 42.1 Å². The minimum atomic E-state index is -0.492. The van der Waals surface area contributed by atoms with Gasteiger partial charge in [0.15, 0.2) is 6.10 Å². The molecule has 2 fully saturated rings. The van der Waals surface area contributed by atoms with Crippen LogP contribution in [0.25, 0.3) is 0 Å². The number of piperidine rings is 1.